The summed E-state index contributed by atoms with van der Waals surface area (Å²) in [6.45, 7) is 9.35. The Labute approximate surface area is 155 Å². The summed E-state index contributed by atoms with van der Waals surface area (Å²) < 4.78 is 5.40. The van der Waals surface area contributed by atoms with Gasteiger partial charge < -0.3 is 15.0 Å². The average molecular weight is 356 g/mol. The summed E-state index contributed by atoms with van der Waals surface area (Å²) in [6, 6.07) is 2.31. The largest absolute Gasteiger partial charge is 0.444 e. The van der Waals surface area contributed by atoms with Crippen LogP contribution in [0.4, 0.5) is 10.5 Å². The zero-order valence-electron chi connectivity index (χ0n) is 16.1. The first-order chi connectivity index (χ1) is 12.3. The highest BCUT2D eigenvalue weighted by atomic mass is 16.6. The number of carbonyl (C=O) groups excluding carboxylic acids is 1. The lowest BCUT2D eigenvalue weighted by Gasteiger charge is -2.39. The maximum atomic E-state index is 12.2. The Morgan fingerprint density at radius 1 is 1.38 bits per heavy atom. The second kappa shape index (κ2) is 7.14. The van der Waals surface area contributed by atoms with Crippen molar-refractivity contribution in [3.8, 4) is 6.07 Å². The third kappa shape index (κ3) is 4.09. The van der Waals surface area contributed by atoms with E-state index < -0.39 is 5.60 Å². The first kappa shape index (κ1) is 18.5. The van der Waals surface area contributed by atoms with E-state index in [-0.39, 0.29) is 12.1 Å². The van der Waals surface area contributed by atoms with Crippen LogP contribution < -0.4 is 10.2 Å². The lowest BCUT2D eigenvalue weighted by atomic mass is 9.94. The van der Waals surface area contributed by atoms with Gasteiger partial charge in [-0.25, -0.2) is 4.79 Å². The molecule has 140 valence electrons. The van der Waals surface area contributed by atoms with Crippen LogP contribution in [0.1, 0.15) is 57.4 Å². The van der Waals surface area contributed by atoms with Gasteiger partial charge in [0.25, 0.3) is 0 Å². The zero-order chi connectivity index (χ0) is 18.9. The fourth-order valence-corrected chi connectivity index (χ4v) is 4.05. The van der Waals surface area contributed by atoms with Crippen molar-refractivity contribution in [1.29, 1.82) is 5.26 Å². The molecule has 2 heterocycles. The second-order valence-electron chi connectivity index (χ2n) is 8.50. The summed E-state index contributed by atoms with van der Waals surface area (Å²) >= 11 is 0. The molecule has 2 atom stereocenters. The first-order valence-corrected chi connectivity index (χ1v) is 9.42. The van der Waals surface area contributed by atoms with Gasteiger partial charge in [0, 0.05) is 31.0 Å². The molecule has 0 bridgehead atoms. The lowest BCUT2D eigenvalue weighted by molar-refractivity contribution is 0.0495. The summed E-state index contributed by atoms with van der Waals surface area (Å²) in [5, 5.41) is 12.6. The zero-order valence-corrected chi connectivity index (χ0v) is 16.1. The van der Waals surface area contributed by atoms with Crippen LogP contribution in [0.2, 0.25) is 0 Å². The Morgan fingerprint density at radius 2 is 2.15 bits per heavy atom. The molecule has 6 heteroatoms. The smallest absolute Gasteiger partial charge is 0.407 e. The number of ether oxygens (including phenoxy) is 1. The van der Waals surface area contributed by atoms with Gasteiger partial charge in [-0.1, -0.05) is 6.92 Å². The number of nitrogens with one attached hydrogen (secondary N) is 1. The van der Waals surface area contributed by atoms with E-state index in [1.807, 2.05) is 20.8 Å². The number of nitriles is 1. The predicted octanol–water partition coefficient (Wildman–Crippen LogP) is 3.18. The monoisotopic (exact) mass is 356 g/mol. The summed E-state index contributed by atoms with van der Waals surface area (Å²) in [6.07, 6.45) is 5.28. The van der Waals surface area contributed by atoms with Gasteiger partial charge in [-0.15, -0.1) is 0 Å². The highest BCUT2D eigenvalue weighted by Gasteiger charge is 2.31. The standard InChI is InChI=1S/C20H28N4O2/c1-13-8-15(23-19(25)26-20(2,3)4)12-24(11-13)18-14(9-21)10-22-17-7-5-6-16(17)18/h10,13,15H,5-8,11-12H2,1-4H3,(H,23,25)/t13-,15+/m1/s1. The third-order valence-corrected chi connectivity index (χ3v) is 4.90. The number of pyridine rings is 1. The van der Waals surface area contributed by atoms with Gasteiger partial charge in [0.2, 0.25) is 0 Å². The maximum Gasteiger partial charge on any atom is 0.407 e. The van der Waals surface area contributed by atoms with Crippen molar-refractivity contribution >= 4 is 11.8 Å². The lowest BCUT2D eigenvalue weighted by Crippen LogP contribution is -2.51. The Bertz CT molecular complexity index is 733. The van der Waals surface area contributed by atoms with E-state index in [1.165, 1.54) is 5.56 Å². The first-order valence-electron chi connectivity index (χ1n) is 9.42. The van der Waals surface area contributed by atoms with Crippen molar-refractivity contribution in [1.82, 2.24) is 10.3 Å². The molecule has 0 radical (unpaired) electrons. The van der Waals surface area contributed by atoms with Crippen molar-refractivity contribution < 1.29 is 9.53 Å². The van der Waals surface area contributed by atoms with Crippen molar-refractivity contribution in [2.24, 2.45) is 5.92 Å². The Kier molecular flexibility index (Phi) is 5.08. The van der Waals surface area contributed by atoms with E-state index in [2.05, 4.69) is 28.2 Å². The quantitative estimate of drug-likeness (QED) is 0.880. The molecule has 1 aliphatic heterocycles. The van der Waals surface area contributed by atoms with Gasteiger partial charge >= 0.3 is 6.09 Å². The third-order valence-electron chi connectivity index (χ3n) is 4.90. The maximum absolute atomic E-state index is 12.2. The molecule has 26 heavy (non-hydrogen) atoms. The molecule has 1 amide bonds. The predicted molar refractivity (Wildman–Crippen MR) is 100 cm³/mol. The van der Waals surface area contributed by atoms with Crippen LogP contribution in [0.3, 0.4) is 0 Å². The van der Waals surface area contributed by atoms with E-state index in [9.17, 15) is 10.1 Å². The van der Waals surface area contributed by atoms with Crippen LogP contribution >= 0.6 is 0 Å². The molecule has 1 fully saturated rings. The van der Waals surface area contributed by atoms with Crippen LogP contribution in [0, 0.1) is 17.2 Å². The topological polar surface area (TPSA) is 78.2 Å². The fraction of sp³-hybridized carbons (Fsp3) is 0.650. The van der Waals surface area contributed by atoms with Crippen molar-refractivity contribution in [3.63, 3.8) is 0 Å². The molecule has 1 aromatic heterocycles. The van der Waals surface area contributed by atoms with Gasteiger partial charge in [-0.05, 0) is 57.9 Å². The minimum absolute atomic E-state index is 0.00496. The van der Waals surface area contributed by atoms with Gasteiger partial charge in [0.1, 0.15) is 11.7 Å². The highest BCUT2D eigenvalue weighted by Crippen LogP contribution is 2.35. The Morgan fingerprint density at radius 3 is 2.85 bits per heavy atom. The Balaban J connectivity index is 1.80. The molecule has 1 saturated heterocycles. The van der Waals surface area contributed by atoms with E-state index in [1.54, 1.807) is 6.20 Å². The summed E-state index contributed by atoms with van der Waals surface area (Å²) in [4.78, 5) is 18.9. The second-order valence-corrected chi connectivity index (χ2v) is 8.50. The molecule has 1 aliphatic carbocycles. The SMILES string of the molecule is C[C@@H]1C[C@H](NC(=O)OC(C)(C)C)CN(c2c(C#N)cnc3c2CCC3)C1. The molecule has 1 N–H and O–H groups in total. The number of piperidine rings is 1. The van der Waals surface area contributed by atoms with Gasteiger partial charge in [0.15, 0.2) is 0 Å². The number of hydrogen-bond acceptors (Lipinski definition) is 5. The minimum atomic E-state index is -0.510. The molecule has 6 nitrogen and oxygen atoms in total. The number of aryl methyl sites for hydroxylation is 1. The minimum Gasteiger partial charge on any atom is -0.444 e. The summed E-state index contributed by atoms with van der Waals surface area (Å²) in [5.74, 6) is 0.417. The van der Waals surface area contributed by atoms with Crippen LogP contribution in [0.5, 0.6) is 0 Å². The number of anilines is 1. The van der Waals surface area contributed by atoms with Gasteiger partial charge in [0.05, 0.1) is 11.3 Å². The number of nitrogens with zero attached hydrogens (tertiary/aromatic N) is 3. The van der Waals surface area contributed by atoms with Crippen molar-refractivity contribution in [2.45, 2.75) is 65.0 Å². The highest BCUT2D eigenvalue weighted by molar-refractivity contribution is 5.69. The van der Waals surface area contributed by atoms with Gasteiger partial charge in [-0.3, -0.25) is 4.98 Å². The van der Waals surface area contributed by atoms with Crippen LogP contribution in [-0.2, 0) is 17.6 Å². The van der Waals surface area contributed by atoms with E-state index in [0.29, 0.717) is 18.0 Å². The number of fused-ring (bicyclic) bond motifs is 1. The number of carbonyl (C=O) groups is 1. The Hall–Kier alpha value is -2.29. The molecular formula is C20H28N4O2. The normalized spacial score (nSPS) is 22.5. The molecule has 0 saturated carbocycles. The number of rotatable bonds is 2. The van der Waals surface area contributed by atoms with Crippen LogP contribution in [0.15, 0.2) is 6.20 Å². The molecule has 3 rings (SSSR count). The van der Waals surface area contributed by atoms with Crippen LogP contribution in [0.25, 0.3) is 0 Å². The molecular weight excluding hydrogens is 328 g/mol. The number of aromatic nitrogens is 1. The summed E-state index contributed by atoms with van der Waals surface area (Å²) in [7, 11) is 0. The van der Waals surface area contributed by atoms with Crippen LogP contribution in [-0.4, -0.2) is 35.8 Å². The molecule has 0 unspecified atom stereocenters. The van der Waals surface area contributed by atoms with E-state index in [4.69, 9.17) is 4.74 Å². The molecule has 0 aromatic carbocycles. The average Bonchev–Trinajstić information content (AvgIpc) is 2.99. The number of alkyl carbamates (subject to hydrolysis) is 1. The molecule has 2 aliphatic rings. The van der Waals surface area contributed by atoms with Crippen molar-refractivity contribution in [3.05, 3.63) is 23.0 Å². The molecule has 0 spiro atoms. The van der Waals surface area contributed by atoms with E-state index in [0.717, 1.165) is 43.6 Å². The number of amides is 1. The number of hydrogen-bond donors (Lipinski definition) is 1. The summed E-state index contributed by atoms with van der Waals surface area (Å²) in [5.41, 5.74) is 3.49. The van der Waals surface area contributed by atoms with E-state index >= 15 is 0 Å². The van der Waals surface area contributed by atoms with Gasteiger partial charge in [-0.2, -0.15) is 5.26 Å². The van der Waals surface area contributed by atoms with Crippen molar-refractivity contribution in [2.75, 3.05) is 18.0 Å². The fourth-order valence-electron chi connectivity index (χ4n) is 4.05. The molecule has 1 aromatic rings.